The topological polar surface area (TPSA) is 23.1 Å². The van der Waals surface area contributed by atoms with Gasteiger partial charge in [0.1, 0.15) is 0 Å². The summed E-state index contributed by atoms with van der Waals surface area (Å²) in [6.07, 6.45) is 13.3. The predicted molar refractivity (Wildman–Crippen MR) is 65.9 cm³/mol. The summed E-state index contributed by atoms with van der Waals surface area (Å²) in [5.41, 5.74) is 1.33. The largest absolute Gasteiger partial charge is 1.00 e. The van der Waals surface area contributed by atoms with Crippen LogP contribution in [0.4, 0.5) is 0 Å². The maximum atomic E-state index is 11.9. The zero-order valence-corrected chi connectivity index (χ0v) is 11.6. The third-order valence-electron chi connectivity index (χ3n) is 4.50. The molecule has 0 aromatic carbocycles. The van der Waals surface area contributed by atoms with Crippen LogP contribution in [0.5, 0.6) is 0 Å². The van der Waals surface area contributed by atoms with Gasteiger partial charge in [-0.05, 0) is 37.5 Å². The van der Waals surface area contributed by atoms with Crippen molar-refractivity contribution in [2.75, 3.05) is 0 Å². The summed E-state index contributed by atoms with van der Waals surface area (Å²) < 4.78 is 0. The van der Waals surface area contributed by atoms with Crippen molar-refractivity contribution in [2.45, 2.75) is 71.1 Å². The second-order valence-electron chi connectivity index (χ2n) is 5.68. The van der Waals surface area contributed by atoms with Crippen molar-refractivity contribution in [3.05, 3.63) is 11.3 Å². The molecule has 92 valence electrons. The van der Waals surface area contributed by atoms with Crippen molar-refractivity contribution >= 4 is 0 Å². The van der Waals surface area contributed by atoms with Crippen LogP contribution in [-0.4, -0.2) is 0 Å². The van der Waals surface area contributed by atoms with Gasteiger partial charge in [-0.1, -0.05) is 51.0 Å². The van der Waals surface area contributed by atoms with Gasteiger partial charge in [-0.3, -0.25) is 0 Å². The molecule has 0 bridgehead atoms. The molecule has 0 aromatic heterocycles. The predicted octanol–water partition coefficient (Wildman–Crippen LogP) is 0.785. The molecule has 0 saturated heterocycles. The second kappa shape index (κ2) is 7.55. The van der Waals surface area contributed by atoms with E-state index in [9.17, 15) is 5.11 Å². The van der Waals surface area contributed by atoms with E-state index >= 15 is 0 Å². The monoisotopic (exact) mass is 228 g/mol. The van der Waals surface area contributed by atoms with Crippen LogP contribution in [-0.2, 0) is 0 Å². The summed E-state index contributed by atoms with van der Waals surface area (Å²) in [7, 11) is 0. The molecule has 0 spiro atoms. The molecule has 0 unspecified atom stereocenters. The fourth-order valence-electron chi connectivity index (χ4n) is 3.74. The van der Waals surface area contributed by atoms with Crippen LogP contribution in [0.15, 0.2) is 11.3 Å². The summed E-state index contributed by atoms with van der Waals surface area (Å²) in [5.74, 6) is 1.70. The first-order valence-electron chi connectivity index (χ1n) is 7.16. The zero-order valence-electron chi connectivity index (χ0n) is 11.6. The molecule has 2 heteroatoms. The SMILES string of the molecule is CC([O-])=C(C1CCCCC1)C1CCCCC1.[Li+]. The molecule has 2 aliphatic rings. The Bertz CT molecular complexity index is 224. The van der Waals surface area contributed by atoms with Gasteiger partial charge in [0, 0.05) is 0 Å². The third-order valence-corrected chi connectivity index (χ3v) is 4.50. The molecule has 17 heavy (non-hydrogen) atoms. The molecule has 2 saturated carbocycles. The van der Waals surface area contributed by atoms with Gasteiger partial charge in [0.15, 0.2) is 0 Å². The molecular weight excluding hydrogens is 203 g/mol. The van der Waals surface area contributed by atoms with E-state index in [4.69, 9.17) is 0 Å². The van der Waals surface area contributed by atoms with Crippen LogP contribution in [0.2, 0.25) is 0 Å². The van der Waals surface area contributed by atoms with Crippen molar-refractivity contribution < 1.29 is 24.0 Å². The quantitative estimate of drug-likeness (QED) is 0.506. The smallest absolute Gasteiger partial charge is 0.876 e. The summed E-state index contributed by atoms with van der Waals surface area (Å²) in [6, 6.07) is 0. The molecule has 0 atom stereocenters. The van der Waals surface area contributed by atoms with Crippen LogP contribution in [0, 0.1) is 11.8 Å². The normalized spacial score (nSPS) is 22.9. The van der Waals surface area contributed by atoms with E-state index in [1.165, 1.54) is 69.8 Å². The Morgan fingerprint density at radius 1 is 0.765 bits per heavy atom. The van der Waals surface area contributed by atoms with E-state index in [0.29, 0.717) is 17.6 Å². The Morgan fingerprint density at radius 3 is 1.41 bits per heavy atom. The van der Waals surface area contributed by atoms with E-state index < -0.39 is 0 Å². The fourth-order valence-corrected chi connectivity index (χ4v) is 3.74. The Kier molecular flexibility index (Phi) is 6.74. The van der Waals surface area contributed by atoms with E-state index in [1.807, 2.05) is 0 Å². The summed E-state index contributed by atoms with van der Waals surface area (Å²) in [6.45, 7) is 1.80. The molecule has 0 amide bonds. The zero-order chi connectivity index (χ0) is 11.4. The van der Waals surface area contributed by atoms with E-state index in [1.54, 1.807) is 6.92 Å². The molecule has 0 N–H and O–H groups in total. The van der Waals surface area contributed by atoms with Crippen LogP contribution in [0.1, 0.15) is 71.1 Å². The molecule has 0 aliphatic heterocycles. The Balaban J connectivity index is 0.00000144. The molecule has 0 aromatic rings. The van der Waals surface area contributed by atoms with Crippen molar-refractivity contribution in [1.29, 1.82) is 0 Å². The average molecular weight is 228 g/mol. The Labute approximate surface area is 118 Å². The van der Waals surface area contributed by atoms with E-state index in [0.717, 1.165) is 0 Å². The van der Waals surface area contributed by atoms with Crippen LogP contribution < -0.4 is 24.0 Å². The summed E-state index contributed by atoms with van der Waals surface area (Å²) in [4.78, 5) is 0. The number of hydrogen-bond donors (Lipinski definition) is 0. The van der Waals surface area contributed by atoms with Crippen molar-refractivity contribution in [1.82, 2.24) is 0 Å². The van der Waals surface area contributed by atoms with Gasteiger partial charge >= 0.3 is 18.9 Å². The third kappa shape index (κ3) is 4.07. The van der Waals surface area contributed by atoms with Crippen molar-refractivity contribution in [3.63, 3.8) is 0 Å². The molecule has 0 radical (unpaired) electrons. The van der Waals surface area contributed by atoms with Gasteiger partial charge in [0.05, 0.1) is 0 Å². The molecule has 2 aliphatic carbocycles. The first-order chi connectivity index (χ1) is 7.79. The summed E-state index contributed by atoms with van der Waals surface area (Å²) in [5, 5.41) is 11.9. The minimum atomic E-state index is 0. The van der Waals surface area contributed by atoms with Gasteiger partial charge < -0.3 is 5.11 Å². The molecule has 1 nitrogen and oxygen atoms in total. The van der Waals surface area contributed by atoms with Crippen LogP contribution in [0.25, 0.3) is 0 Å². The number of rotatable bonds is 2. The Hall–Kier alpha value is 0.137. The minimum Gasteiger partial charge on any atom is -0.876 e. The first kappa shape index (κ1) is 15.2. The Morgan fingerprint density at radius 2 is 1.12 bits per heavy atom. The first-order valence-corrected chi connectivity index (χ1v) is 7.16. The van der Waals surface area contributed by atoms with Gasteiger partial charge in [-0.15, -0.1) is 5.76 Å². The van der Waals surface area contributed by atoms with Crippen LogP contribution in [0.3, 0.4) is 0 Å². The van der Waals surface area contributed by atoms with E-state index in [2.05, 4.69) is 0 Å². The molecule has 0 heterocycles. The fraction of sp³-hybridized carbons (Fsp3) is 0.867. The molecule has 2 fully saturated rings. The minimum absolute atomic E-state index is 0. The maximum absolute atomic E-state index is 11.9. The number of hydrogen-bond acceptors (Lipinski definition) is 1. The van der Waals surface area contributed by atoms with Gasteiger partial charge in [-0.2, -0.15) is 0 Å². The van der Waals surface area contributed by atoms with Gasteiger partial charge in [0.25, 0.3) is 0 Å². The van der Waals surface area contributed by atoms with Crippen LogP contribution >= 0.6 is 0 Å². The molecule has 2 rings (SSSR count). The van der Waals surface area contributed by atoms with Crippen molar-refractivity contribution in [2.24, 2.45) is 11.8 Å². The molecular formula is C15H25LiO. The standard InChI is InChI=1S/C15H26O.Li/c1-12(16)15(13-8-4-2-5-9-13)14-10-6-3-7-11-14;/h13-14,16H,2-11H2,1H3;/q;+1/p-1. The van der Waals surface area contributed by atoms with Crippen molar-refractivity contribution in [3.8, 4) is 0 Å². The second-order valence-corrected chi connectivity index (χ2v) is 5.68. The van der Waals surface area contributed by atoms with E-state index in [-0.39, 0.29) is 18.9 Å². The van der Waals surface area contributed by atoms with Gasteiger partial charge in [-0.25, -0.2) is 0 Å². The maximum Gasteiger partial charge on any atom is 1.00 e. The average Bonchev–Trinajstić information content (AvgIpc) is 2.31. The summed E-state index contributed by atoms with van der Waals surface area (Å²) >= 11 is 0. The number of allylic oxidation sites excluding steroid dienone is 2. The van der Waals surface area contributed by atoms with Gasteiger partial charge in [0.2, 0.25) is 0 Å².